The molecule has 1 amide bonds. The Hall–Kier alpha value is -4.21. The van der Waals surface area contributed by atoms with E-state index in [1.807, 2.05) is 0 Å². The predicted octanol–water partition coefficient (Wildman–Crippen LogP) is 2.33. The molecule has 0 atom stereocenters. The van der Waals surface area contributed by atoms with Crippen LogP contribution in [0.25, 0.3) is 0 Å². The molecule has 2 aromatic carbocycles. The number of carbonyl (C=O) groups is 1. The van der Waals surface area contributed by atoms with E-state index in [2.05, 4.69) is 15.6 Å². The van der Waals surface area contributed by atoms with Gasteiger partial charge in [-0.1, -0.05) is 12.1 Å². The second-order valence-corrected chi connectivity index (χ2v) is 6.13. The average Bonchev–Trinajstić information content (AvgIpc) is 3.37. The van der Waals surface area contributed by atoms with Gasteiger partial charge in [0.15, 0.2) is 17.2 Å². The Balaban J connectivity index is 1.35. The number of ether oxygens (including phenoxy) is 2. The van der Waals surface area contributed by atoms with Gasteiger partial charge in [-0.25, -0.2) is 5.43 Å². The van der Waals surface area contributed by atoms with E-state index >= 15 is 0 Å². The predicted molar refractivity (Wildman–Crippen MR) is 102 cm³/mol. The highest BCUT2D eigenvalue weighted by molar-refractivity contribution is 5.93. The van der Waals surface area contributed by atoms with E-state index in [9.17, 15) is 14.9 Å². The number of non-ortho nitro benzene ring substituents is 1. The number of hydrogen-bond acceptors (Lipinski definition) is 7. The Morgan fingerprint density at radius 3 is 2.79 bits per heavy atom. The van der Waals surface area contributed by atoms with Crippen LogP contribution in [-0.2, 0) is 6.54 Å². The highest BCUT2D eigenvalue weighted by atomic mass is 16.7. The molecule has 1 N–H and O–H groups in total. The third-order valence-corrected chi connectivity index (χ3v) is 4.14. The number of carbonyl (C=O) groups excluding carboxylic acids is 1. The molecule has 1 aromatic heterocycles. The largest absolute Gasteiger partial charge is 0.454 e. The molecular weight excluding hydrogens is 378 g/mol. The maximum atomic E-state index is 12.2. The highest BCUT2D eigenvalue weighted by Gasteiger charge is 2.13. The van der Waals surface area contributed by atoms with E-state index in [0.29, 0.717) is 18.0 Å². The van der Waals surface area contributed by atoms with E-state index in [1.165, 1.54) is 18.3 Å². The van der Waals surface area contributed by atoms with Crippen molar-refractivity contribution in [1.82, 2.24) is 15.2 Å². The summed E-state index contributed by atoms with van der Waals surface area (Å²) >= 11 is 0. The number of hydrogen-bond donors (Lipinski definition) is 1. The topological polar surface area (TPSA) is 121 Å². The zero-order chi connectivity index (χ0) is 20.2. The number of nitrogens with one attached hydrogen (secondary N) is 1. The lowest BCUT2D eigenvalue weighted by atomic mass is 10.2. The Morgan fingerprint density at radius 2 is 2.00 bits per heavy atom. The van der Waals surface area contributed by atoms with Crippen LogP contribution in [0.5, 0.6) is 11.5 Å². The summed E-state index contributed by atoms with van der Waals surface area (Å²) in [5, 5.41) is 18.8. The lowest BCUT2D eigenvalue weighted by Crippen LogP contribution is -2.18. The maximum Gasteiger partial charge on any atom is 0.291 e. The number of nitrogens with zero attached hydrogens (tertiary/aromatic N) is 4. The highest BCUT2D eigenvalue weighted by Crippen LogP contribution is 2.31. The molecule has 29 heavy (non-hydrogen) atoms. The SMILES string of the molecule is O=C(N/N=C/c1ccc2c(c1)OCO2)c1ccn(Cc2ccc([N+](=O)[O-])cc2)n1. The maximum absolute atomic E-state index is 12.2. The first-order valence-corrected chi connectivity index (χ1v) is 8.58. The summed E-state index contributed by atoms with van der Waals surface area (Å²) in [5.74, 6) is 0.847. The molecule has 2 heterocycles. The molecule has 0 aliphatic carbocycles. The normalized spacial score (nSPS) is 12.3. The number of hydrazone groups is 1. The van der Waals surface area contributed by atoms with Crippen LogP contribution in [0.3, 0.4) is 0 Å². The fourth-order valence-electron chi connectivity index (χ4n) is 2.70. The van der Waals surface area contributed by atoms with Crippen molar-refractivity contribution < 1.29 is 19.2 Å². The summed E-state index contributed by atoms with van der Waals surface area (Å²) in [6.07, 6.45) is 3.14. The van der Waals surface area contributed by atoms with Gasteiger partial charge in [0, 0.05) is 18.3 Å². The van der Waals surface area contributed by atoms with Crippen molar-refractivity contribution in [2.75, 3.05) is 6.79 Å². The van der Waals surface area contributed by atoms with Crippen molar-refractivity contribution in [2.24, 2.45) is 5.10 Å². The summed E-state index contributed by atoms with van der Waals surface area (Å²) < 4.78 is 12.1. The van der Waals surface area contributed by atoms with E-state index < -0.39 is 10.8 Å². The van der Waals surface area contributed by atoms with E-state index in [4.69, 9.17) is 9.47 Å². The van der Waals surface area contributed by atoms with Crippen molar-refractivity contribution in [3.8, 4) is 11.5 Å². The second kappa shape index (κ2) is 7.80. The number of fused-ring (bicyclic) bond motifs is 1. The number of amides is 1. The molecular formula is C19H15N5O5. The minimum atomic E-state index is -0.454. The van der Waals surface area contributed by atoms with Gasteiger partial charge in [-0.3, -0.25) is 19.6 Å². The van der Waals surface area contributed by atoms with Crippen molar-refractivity contribution in [1.29, 1.82) is 0 Å². The molecule has 1 aliphatic rings. The van der Waals surface area contributed by atoms with Gasteiger partial charge in [0.2, 0.25) is 6.79 Å². The van der Waals surface area contributed by atoms with Crippen molar-refractivity contribution in [3.05, 3.63) is 81.7 Å². The third-order valence-electron chi connectivity index (χ3n) is 4.14. The first kappa shape index (κ1) is 18.2. The quantitative estimate of drug-likeness (QED) is 0.390. The summed E-state index contributed by atoms with van der Waals surface area (Å²) in [4.78, 5) is 22.4. The molecule has 0 unspecified atom stereocenters. The minimum absolute atomic E-state index is 0.0228. The fourth-order valence-corrected chi connectivity index (χ4v) is 2.70. The molecule has 3 aromatic rings. The molecule has 146 valence electrons. The number of aromatic nitrogens is 2. The second-order valence-electron chi connectivity index (χ2n) is 6.13. The summed E-state index contributed by atoms with van der Waals surface area (Å²) in [7, 11) is 0. The molecule has 0 saturated carbocycles. The van der Waals surface area contributed by atoms with Crippen LogP contribution in [0.4, 0.5) is 5.69 Å². The van der Waals surface area contributed by atoms with Crippen LogP contribution >= 0.6 is 0 Å². The van der Waals surface area contributed by atoms with Crippen LogP contribution in [0.1, 0.15) is 21.6 Å². The van der Waals surface area contributed by atoms with Crippen LogP contribution in [0, 0.1) is 10.1 Å². The van der Waals surface area contributed by atoms with Crippen LogP contribution in [0.2, 0.25) is 0 Å². The standard InChI is InChI=1S/C19H15N5O5/c25-19(21-20-10-14-3-6-17-18(9-14)29-12-28-17)16-7-8-23(22-16)11-13-1-4-15(5-2-13)24(26)27/h1-10H,11-12H2,(H,21,25)/b20-10+. The van der Waals surface area contributed by atoms with Gasteiger partial charge in [0.1, 0.15) is 0 Å². The summed E-state index contributed by atoms with van der Waals surface area (Å²) in [6, 6.07) is 13.0. The summed E-state index contributed by atoms with van der Waals surface area (Å²) in [6.45, 7) is 0.570. The Labute approximate surface area is 164 Å². The number of nitro groups is 1. The number of nitro benzene ring substituents is 1. The smallest absolute Gasteiger partial charge is 0.291 e. The molecule has 0 bridgehead atoms. The van der Waals surface area contributed by atoms with Gasteiger partial charge < -0.3 is 9.47 Å². The summed E-state index contributed by atoms with van der Waals surface area (Å²) in [5.41, 5.74) is 4.22. The van der Waals surface area contributed by atoms with Gasteiger partial charge >= 0.3 is 0 Å². The molecule has 0 radical (unpaired) electrons. The monoisotopic (exact) mass is 393 g/mol. The van der Waals surface area contributed by atoms with E-state index in [-0.39, 0.29) is 18.2 Å². The van der Waals surface area contributed by atoms with Crippen molar-refractivity contribution >= 4 is 17.8 Å². The van der Waals surface area contributed by atoms with E-state index in [0.717, 1.165) is 11.1 Å². The zero-order valence-electron chi connectivity index (χ0n) is 15.0. The lowest BCUT2D eigenvalue weighted by Gasteiger charge is -2.02. The molecule has 0 saturated heterocycles. The van der Waals surface area contributed by atoms with Gasteiger partial charge in [-0.05, 0) is 35.4 Å². The minimum Gasteiger partial charge on any atom is -0.454 e. The molecule has 10 heteroatoms. The van der Waals surface area contributed by atoms with Crippen LogP contribution in [0.15, 0.2) is 59.8 Å². The van der Waals surface area contributed by atoms with Crippen molar-refractivity contribution in [3.63, 3.8) is 0 Å². The first-order valence-electron chi connectivity index (χ1n) is 8.58. The average molecular weight is 393 g/mol. The molecule has 0 fully saturated rings. The number of rotatable bonds is 6. The van der Waals surface area contributed by atoms with Gasteiger partial charge in [0.25, 0.3) is 11.6 Å². The first-order chi connectivity index (χ1) is 14.1. The van der Waals surface area contributed by atoms with Gasteiger partial charge in [-0.2, -0.15) is 10.2 Å². The third kappa shape index (κ3) is 4.21. The van der Waals surface area contributed by atoms with Crippen LogP contribution in [-0.4, -0.2) is 33.6 Å². The van der Waals surface area contributed by atoms with Crippen LogP contribution < -0.4 is 14.9 Å². The molecule has 10 nitrogen and oxygen atoms in total. The van der Waals surface area contributed by atoms with Crippen molar-refractivity contribution in [2.45, 2.75) is 6.54 Å². The molecule has 4 rings (SSSR count). The lowest BCUT2D eigenvalue weighted by molar-refractivity contribution is -0.384. The Bertz CT molecular complexity index is 1090. The molecule has 0 spiro atoms. The zero-order valence-corrected chi connectivity index (χ0v) is 15.0. The Kier molecular flexibility index (Phi) is 4.89. The fraction of sp³-hybridized carbons (Fsp3) is 0.105. The van der Waals surface area contributed by atoms with Gasteiger partial charge in [0.05, 0.1) is 17.7 Å². The Morgan fingerprint density at radius 1 is 1.21 bits per heavy atom. The van der Waals surface area contributed by atoms with E-state index in [1.54, 1.807) is 47.3 Å². The number of benzene rings is 2. The van der Waals surface area contributed by atoms with Gasteiger partial charge in [-0.15, -0.1) is 0 Å². The molecule has 1 aliphatic heterocycles.